The van der Waals surface area contributed by atoms with Crippen LogP contribution in [0.3, 0.4) is 0 Å². The summed E-state index contributed by atoms with van der Waals surface area (Å²) in [6, 6.07) is 8.94. The molecule has 0 heterocycles. The average Bonchev–Trinajstić information content (AvgIpc) is 2.30. The first-order valence-corrected chi connectivity index (χ1v) is 5.26. The standard InChI is InChI=1S/C13H16O3/c1-3-15-10-9-11(2)13(14)16-12-7-5-4-6-8-12/h4-8H,2-3,9-10H2,1H3. The van der Waals surface area contributed by atoms with Crippen LogP contribution in [-0.2, 0) is 9.53 Å². The summed E-state index contributed by atoms with van der Waals surface area (Å²) in [6.45, 7) is 6.71. The van der Waals surface area contributed by atoms with Crippen LogP contribution < -0.4 is 4.74 Å². The second kappa shape index (κ2) is 6.80. The molecule has 0 saturated heterocycles. The van der Waals surface area contributed by atoms with Crippen LogP contribution in [0.15, 0.2) is 42.5 Å². The Hall–Kier alpha value is -1.61. The molecule has 0 aromatic heterocycles. The van der Waals surface area contributed by atoms with E-state index in [9.17, 15) is 4.79 Å². The maximum atomic E-state index is 11.5. The summed E-state index contributed by atoms with van der Waals surface area (Å²) in [6.07, 6.45) is 0.500. The molecule has 0 aliphatic carbocycles. The molecule has 0 aliphatic heterocycles. The number of rotatable bonds is 6. The first-order valence-electron chi connectivity index (χ1n) is 5.26. The summed E-state index contributed by atoms with van der Waals surface area (Å²) in [5.41, 5.74) is 0.428. The molecule has 0 bridgehead atoms. The summed E-state index contributed by atoms with van der Waals surface area (Å²) in [4.78, 5) is 11.5. The van der Waals surface area contributed by atoms with Gasteiger partial charge in [0.1, 0.15) is 5.75 Å². The van der Waals surface area contributed by atoms with E-state index in [0.29, 0.717) is 31.0 Å². The van der Waals surface area contributed by atoms with E-state index in [1.54, 1.807) is 12.1 Å². The molecule has 0 saturated carbocycles. The van der Waals surface area contributed by atoms with Crippen molar-refractivity contribution in [2.24, 2.45) is 0 Å². The molecular formula is C13H16O3. The number of ether oxygens (including phenoxy) is 2. The van der Waals surface area contributed by atoms with Crippen molar-refractivity contribution in [2.75, 3.05) is 13.2 Å². The topological polar surface area (TPSA) is 35.5 Å². The fraction of sp³-hybridized carbons (Fsp3) is 0.308. The first kappa shape index (κ1) is 12.5. The van der Waals surface area contributed by atoms with Crippen molar-refractivity contribution in [2.45, 2.75) is 13.3 Å². The van der Waals surface area contributed by atoms with Crippen molar-refractivity contribution in [1.29, 1.82) is 0 Å². The van der Waals surface area contributed by atoms with E-state index in [-0.39, 0.29) is 0 Å². The van der Waals surface area contributed by atoms with Gasteiger partial charge >= 0.3 is 5.97 Å². The molecule has 1 aromatic rings. The molecule has 0 radical (unpaired) electrons. The van der Waals surface area contributed by atoms with E-state index in [2.05, 4.69) is 6.58 Å². The summed E-state index contributed by atoms with van der Waals surface area (Å²) in [7, 11) is 0. The zero-order chi connectivity index (χ0) is 11.8. The van der Waals surface area contributed by atoms with Crippen LogP contribution >= 0.6 is 0 Å². The lowest BCUT2D eigenvalue weighted by Gasteiger charge is -2.06. The number of esters is 1. The van der Waals surface area contributed by atoms with Gasteiger partial charge in [-0.25, -0.2) is 4.79 Å². The van der Waals surface area contributed by atoms with Gasteiger partial charge in [-0.3, -0.25) is 0 Å². The lowest BCUT2D eigenvalue weighted by Crippen LogP contribution is -2.12. The van der Waals surface area contributed by atoms with Gasteiger partial charge in [-0.05, 0) is 19.1 Å². The minimum absolute atomic E-state index is 0.397. The lowest BCUT2D eigenvalue weighted by molar-refractivity contribution is -0.130. The van der Waals surface area contributed by atoms with Gasteiger partial charge in [-0.15, -0.1) is 0 Å². The Balaban J connectivity index is 2.38. The van der Waals surface area contributed by atoms with Gasteiger partial charge in [0.2, 0.25) is 0 Å². The number of benzene rings is 1. The van der Waals surface area contributed by atoms with Crippen molar-refractivity contribution < 1.29 is 14.3 Å². The highest BCUT2D eigenvalue weighted by molar-refractivity contribution is 5.89. The van der Waals surface area contributed by atoms with Crippen molar-refractivity contribution in [3.05, 3.63) is 42.5 Å². The molecule has 3 heteroatoms. The molecule has 16 heavy (non-hydrogen) atoms. The number of carbonyl (C=O) groups excluding carboxylic acids is 1. The Kier molecular flexibility index (Phi) is 5.29. The van der Waals surface area contributed by atoms with Crippen LogP contribution in [0.4, 0.5) is 0 Å². The molecule has 0 unspecified atom stereocenters. The predicted molar refractivity (Wildman–Crippen MR) is 62.3 cm³/mol. The smallest absolute Gasteiger partial charge is 0.338 e. The van der Waals surface area contributed by atoms with Crippen molar-refractivity contribution in [1.82, 2.24) is 0 Å². The number of hydrogen-bond acceptors (Lipinski definition) is 3. The Morgan fingerprint density at radius 3 is 2.62 bits per heavy atom. The normalized spacial score (nSPS) is 9.81. The molecule has 1 aromatic carbocycles. The molecule has 0 fully saturated rings. The first-order chi connectivity index (χ1) is 7.74. The SMILES string of the molecule is C=C(CCOCC)C(=O)Oc1ccccc1. The van der Waals surface area contributed by atoms with E-state index in [1.165, 1.54) is 0 Å². The maximum absolute atomic E-state index is 11.5. The summed E-state index contributed by atoms with van der Waals surface area (Å²) in [5.74, 6) is 0.135. The van der Waals surface area contributed by atoms with Gasteiger partial charge in [-0.1, -0.05) is 24.8 Å². The molecule has 0 N–H and O–H groups in total. The van der Waals surface area contributed by atoms with Crippen molar-refractivity contribution in [3.8, 4) is 5.75 Å². The Morgan fingerprint density at radius 2 is 2.00 bits per heavy atom. The number of carbonyl (C=O) groups is 1. The molecular weight excluding hydrogens is 204 g/mol. The van der Waals surface area contributed by atoms with Gasteiger partial charge in [0.25, 0.3) is 0 Å². The van der Waals surface area contributed by atoms with E-state index >= 15 is 0 Å². The third-order valence-corrected chi connectivity index (χ3v) is 1.99. The minimum atomic E-state index is -0.397. The summed E-state index contributed by atoms with van der Waals surface area (Å²) >= 11 is 0. The number of hydrogen-bond donors (Lipinski definition) is 0. The largest absolute Gasteiger partial charge is 0.423 e. The second-order valence-corrected chi connectivity index (χ2v) is 3.25. The quantitative estimate of drug-likeness (QED) is 0.320. The second-order valence-electron chi connectivity index (χ2n) is 3.25. The van der Waals surface area contributed by atoms with Crippen LogP contribution in [0.5, 0.6) is 5.75 Å². The van der Waals surface area contributed by atoms with Crippen LogP contribution in [0.2, 0.25) is 0 Å². The highest BCUT2D eigenvalue weighted by atomic mass is 16.5. The van der Waals surface area contributed by atoms with Gasteiger partial charge in [0.05, 0.1) is 6.61 Å². The van der Waals surface area contributed by atoms with E-state index < -0.39 is 5.97 Å². The monoisotopic (exact) mass is 220 g/mol. The predicted octanol–water partition coefficient (Wildman–Crippen LogP) is 2.57. The Labute approximate surface area is 95.7 Å². The molecule has 0 atom stereocenters. The average molecular weight is 220 g/mol. The van der Waals surface area contributed by atoms with Gasteiger partial charge in [-0.2, -0.15) is 0 Å². The Bertz CT molecular complexity index is 343. The summed E-state index contributed by atoms with van der Waals surface area (Å²) < 4.78 is 10.2. The molecule has 1 rings (SSSR count). The Morgan fingerprint density at radius 1 is 1.31 bits per heavy atom. The molecule has 0 spiro atoms. The van der Waals surface area contributed by atoms with Gasteiger partial charge in [0.15, 0.2) is 0 Å². The fourth-order valence-electron chi connectivity index (χ4n) is 1.11. The third kappa shape index (κ3) is 4.28. The van der Waals surface area contributed by atoms with Crippen LogP contribution in [-0.4, -0.2) is 19.2 Å². The zero-order valence-electron chi connectivity index (χ0n) is 9.44. The molecule has 86 valence electrons. The van der Waals surface area contributed by atoms with E-state index in [4.69, 9.17) is 9.47 Å². The van der Waals surface area contributed by atoms with Crippen molar-refractivity contribution >= 4 is 5.97 Å². The molecule has 0 amide bonds. The minimum Gasteiger partial charge on any atom is -0.423 e. The molecule has 3 nitrogen and oxygen atoms in total. The maximum Gasteiger partial charge on any atom is 0.338 e. The fourth-order valence-corrected chi connectivity index (χ4v) is 1.11. The lowest BCUT2D eigenvalue weighted by atomic mass is 10.2. The van der Waals surface area contributed by atoms with Crippen LogP contribution in [0.25, 0.3) is 0 Å². The summed E-state index contributed by atoms with van der Waals surface area (Å²) in [5, 5.41) is 0. The third-order valence-electron chi connectivity index (χ3n) is 1.99. The zero-order valence-corrected chi connectivity index (χ0v) is 9.44. The molecule has 0 aliphatic rings. The van der Waals surface area contributed by atoms with Crippen LogP contribution in [0.1, 0.15) is 13.3 Å². The van der Waals surface area contributed by atoms with Gasteiger partial charge < -0.3 is 9.47 Å². The van der Waals surface area contributed by atoms with Crippen molar-refractivity contribution in [3.63, 3.8) is 0 Å². The van der Waals surface area contributed by atoms with E-state index in [0.717, 1.165) is 0 Å². The number of para-hydroxylation sites is 1. The highest BCUT2D eigenvalue weighted by Crippen LogP contribution is 2.11. The van der Waals surface area contributed by atoms with Gasteiger partial charge in [0, 0.05) is 18.6 Å². The van der Waals surface area contributed by atoms with Crippen LogP contribution in [0, 0.1) is 0 Å². The highest BCUT2D eigenvalue weighted by Gasteiger charge is 2.09. The van der Waals surface area contributed by atoms with E-state index in [1.807, 2.05) is 25.1 Å².